The first kappa shape index (κ1) is 14.9. The van der Waals surface area contributed by atoms with Gasteiger partial charge in [0.1, 0.15) is 12.1 Å². The van der Waals surface area contributed by atoms with Crippen molar-refractivity contribution in [2.45, 2.75) is 6.42 Å². The summed E-state index contributed by atoms with van der Waals surface area (Å²) in [6.45, 7) is 0.788. The second-order valence-electron chi connectivity index (χ2n) is 5.20. The largest absolute Gasteiger partial charge is 0.368 e. The van der Waals surface area contributed by atoms with Gasteiger partial charge in [-0.15, -0.1) is 0 Å². The minimum absolute atomic E-state index is 0.631. The van der Waals surface area contributed by atoms with Gasteiger partial charge >= 0.3 is 0 Å². The van der Waals surface area contributed by atoms with Crippen molar-refractivity contribution in [3.05, 3.63) is 78.1 Å². The minimum Gasteiger partial charge on any atom is -0.368 e. The lowest BCUT2D eigenvalue weighted by molar-refractivity contribution is 0.112. The maximum absolute atomic E-state index is 10.9. The standard InChI is InChI=1S/C19H17N3O/c23-14-16-7-4-8-17(11-16)18-12-20-13-19(22-18)21-10-9-15-5-2-1-3-6-15/h1-8,11-14H,9-10H2,(H,21,22). The summed E-state index contributed by atoms with van der Waals surface area (Å²) in [7, 11) is 0. The van der Waals surface area contributed by atoms with Gasteiger partial charge in [0.25, 0.3) is 0 Å². The fourth-order valence-electron chi connectivity index (χ4n) is 2.34. The Hall–Kier alpha value is -3.01. The van der Waals surface area contributed by atoms with Crippen molar-refractivity contribution < 1.29 is 4.79 Å². The molecule has 1 heterocycles. The molecule has 0 saturated carbocycles. The molecule has 23 heavy (non-hydrogen) atoms. The van der Waals surface area contributed by atoms with Crippen LogP contribution in [0.25, 0.3) is 11.3 Å². The average Bonchev–Trinajstić information content (AvgIpc) is 2.63. The zero-order valence-corrected chi connectivity index (χ0v) is 12.6. The molecule has 4 heteroatoms. The second kappa shape index (κ2) is 7.31. The predicted octanol–water partition coefficient (Wildman–Crippen LogP) is 3.61. The highest BCUT2D eigenvalue weighted by molar-refractivity contribution is 5.78. The van der Waals surface area contributed by atoms with E-state index in [1.165, 1.54) is 5.56 Å². The summed E-state index contributed by atoms with van der Waals surface area (Å²) in [5.41, 5.74) is 3.54. The van der Waals surface area contributed by atoms with E-state index in [9.17, 15) is 4.79 Å². The highest BCUT2D eigenvalue weighted by atomic mass is 16.1. The second-order valence-corrected chi connectivity index (χ2v) is 5.20. The molecule has 0 fully saturated rings. The Bertz CT molecular complexity index is 787. The zero-order valence-electron chi connectivity index (χ0n) is 12.6. The van der Waals surface area contributed by atoms with Crippen LogP contribution < -0.4 is 5.32 Å². The molecule has 114 valence electrons. The molecule has 0 atom stereocenters. The lowest BCUT2D eigenvalue weighted by Crippen LogP contribution is -2.07. The van der Waals surface area contributed by atoms with E-state index >= 15 is 0 Å². The molecule has 3 rings (SSSR count). The molecular weight excluding hydrogens is 286 g/mol. The van der Waals surface area contributed by atoms with Crippen LogP contribution in [0.3, 0.4) is 0 Å². The number of nitrogens with zero attached hydrogens (tertiary/aromatic N) is 2. The van der Waals surface area contributed by atoms with Gasteiger partial charge < -0.3 is 5.32 Å². The van der Waals surface area contributed by atoms with Crippen LogP contribution in [0.2, 0.25) is 0 Å². The number of carbonyl (C=O) groups excluding carboxylic acids is 1. The van der Waals surface area contributed by atoms with Crippen LogP contribution in [-0.2, 0) is 6.42 Å². The van der Waals surface area contributed by atoms with Crippen LogP contribution >= 0.6 is 0 Å². The van der Waals surface area contributed by atoms with Crippen molar-refractivity contribution in [1.82, 2.24) is 9.97 Å². The van der Waals surface area contributed by atoms with E-state index in [4.69, 9.17) is 0 Å². The van der Waals surface area contributed by atoms with Gasteiger partial charge in [0.05, 0.1) is 18.1 Å². The average molecular weight is 303 g/mol. The third-order valence-electron chi connectivity index (χ3n) is 3.52. The molecule has 0 amide bonds. The zero-order chi connectivity index (χ0) is 15.9. The Morgan fingerprint density at radius 2 is 1.87 bits per heavy atom. The van der Waals surface area contributed by atoms with Gasteiger partial charge in [-0.3, -0.25) is 9.78 Å². The molecule has 1 aromatic heterocycles. The van der Waals surface area contributed by atoms with E-state index < -0.39 is 0 Å². The van der Waals surface area contributed by atoms with E-state index in [1.807, 2.05) is 36.4 Å². The molecule has 2 aromatic carbocycles. The first-order valence-electron chi connectivity index (χ1n) is 7.50. The number of aldehydes is 1. The van der Waals surface area contributed by atoms with Crippen molar-refractivity contribution in [3.63, 3.8) is 0 Å². The highest BCUT2D eigenvalue weighted by Gasteiger charge is 2.03. The molecular formula is C19H17N3O. The normalized spacial score (nSPS) is 10.3. The topological polar surface area (TPSA) is 54.9 Å². The molecule has 3 aromatic rings. The van der Waals surface area contributed by atoms with E-state index in [-0.39, 0.29) is 0 Å². The first-order chi connectivity index (χ1) is 11.3. The maximum atomic E-state index is 10.9. The van der Waals surface area contributed by atoms with Crippen LogP contribution in [-0.4, -0.2) is 22.8 Å². The number of hydrogen-bond donors (Lipinski definition) is 1. The molecule has 0 unspecified atom stereocenters. The Labute approximate surface area is 135 Å². The third-order valence-corrected chi connectivity index (χ3v) is 3.52. The Morgan fingerprint density at radius 1 is 1.00 bits per heavy atom. The lowest BCUT2D eigenvalue weighted by Gasteiger charge is -2.07. The van der Waals surface area contributed by atoms with Crippen molar-refractivity contribution in [2.75, 3.05) is 11.9 Å². The SMILES string of the molecule is O=Cc1cccc(-c2cncc(NCCc3ccccc3)n2)c1. The molecule has 4 nitrogen and oxygen atoms in total. The van der Waals surface area contributed by atoms with Crippen LogP contribution in [0, 0.1) is 0 Å². The summed E-state index contributed by atoms with van der Waals surface area (Å²) in [6.07, 6.45) is 5.16. The molecule has 0 radical (unpaired) electrons. The summed E-state index contributed by atoms with van der Waals surface area (Å²) in [5.74, 6) is 0.731. The Kier molecular flexibility index (Phi) is 4.74. The summed E-state index contributed by atoms with van der Waals surface area (Å²) in [6, 6.07) is 17.6. The monoisotopic (exact) mass is 303 g/mol. The summed E-state index contributed by atoms with van der Waals surface area (Å²) >= 11 is 0. The number of rotatable bonds is 6. The number of benzene rings is 2. The van der Waals surface area contributed by atoms with E-state index in [0.29, 0.717) is 5.56 Å². The Morgan fingerprint density at radius 3 is 2.70 bits per heavy atom. The van der Waals surface area contributed by atoms with Crippen LogP contribution in [0.5, 0.6) is 0 Å². The van der Waals surface area contributed by atoms with Gasteiger partial charge in [0.2, 0.25) is 0 Å². The number of anilines is 1. The number of carbonyl (C=O) groups is 1. The highest BCUT2D eigenvalue weighted by Crippen LogP contribution is 2.18. The van der Waals surface area contributed by atoms with Gasteiger partial charge in [-0.05, 0) is 18.1 Å². The molecule has 0 aliphatic rings. The summed E-state index contributed by atoms with van der Waals surface area (Å²) < 4.78 is 0. The fraction of sp³-hybridized carbons (Fsp3) is 0.105. The maximum Gasteiger partial charge on any atom is 0.150 e. The Balaban J connectivity index is 1.68. The van der Waals surface area contributed by atoms with Crippen molar-refractivity contribution in [3.8, 4) is 11.3 Å². The summed E-state index contributed by atoms with van der Waals surface area (Å²) in [4.78, 5) is 19.7. The molecule has 0 aliphatic carbocycles. The van der Waals surface area contributed by atoms with Crippen LogP contribution in [0.15, 0.2) is 67.0 Å². The molecule has 0 spiro atoms. The predicted molar refractivity (Wildman–Crippen MR) is 91.5 cm³/mol. The van der Waals surface area contributed by atoms with Crippen LogP contribution in [0.1, 0.15) is 15.9 Å². The molecule has 1 N–H and O–H groups in total. The fourth-order valence-corrected chi connectivity index (χ4v) is 2.34. The van der Waals surface area contributed by atoms with Gasteiger partial charge in [-0.25, -0.2) is 4.98 Å². The molecule has 0 aliphatic heterocycles. The van der Waals surface area contributed by atoms with Crippen LogP contribution in [0.4, 0.5) is 5.82 Å². The van der Waals surface area contributed by atoms with Gasteiger partial charge in [0.15, 0.2) is 0 Å². The summed E-state index contributed by atoms with van der Waals surface area (Å²) in [5, 5.41) is 3.29. The van der Waals surface area contributed by atoms with Gasteiger partial charge in [0, 0.05) is 17.7 Å². The van der Waals surface area contributed by atoms with E-state index in [1.54, 1.807) is 18.5 Å². The number of hydrogen-bond acceptors (Lipinski definition) is 4. The molecule has 0 bridgehead atoms. The third kappa shape index (κ3) is 4.01. The quantitative estimate of drug-likeness (QED) is 0.707. The molecule has 0 saturated heterocycles. The van der Waals surface area contributed by atoms with E-state index in [0.717, 1.165) is 36.3 Å². The van der Waals surface area contributed by atoms with Gasteiger partial charge in [-0.1, -0.05) is 48.5 Å². The minimum atomic E-state index is 0.631. The van der Waals surface area contributed by atoms with Crippen molar-refractivity contribution in [1.29, 1.82) is 0 Å². The number of nitrogens with one attached hydrogen (secondary N) is 1. The van der Waals surface area contributed by atoms with E-state index in [2.05, 4.69) is 27.4 Å². The first-order valence-corrected chi connectivity index (χ1v) is 7.50. The van der Waals surface area contributed by atoms with Gasteiger partial charge in [-0.2, -0.15) is 0 Å². The van der Waals surface area contributed by atoms with Crippen molar-refractivity contribution >= 4 is 12.1 Å². The number of aromatic nitrogens is 2. The van der Waals surface area contributed by atoms with Crippen molar-refractivity contribution in [2.24, 2.45) is 0 Å². The smallest absolute Gasteiger partial charge is 0.150 e. The lowest BCUT2D eigenvalue weighted by atomic mass is 10.1.